The molecule has 1 aromatic rings. The summed E-state index contributed by atoms with van der Waals surface area (Å²) in [6.45, 7) is 6.71. The third kappa shape index (κ3) is 4.52. The number of rotatable bonds is 8. The number of hydrogen-bond acceptors (Lipinski definition) is 4. The highest BCUT2D eigenvalue weighted by Crippen LogP contribution is 2.15. The molecule has 0 spiro atoms. The maximum Gasteiger partial charge on any atom is 0.243 e. The Bertz CT molecular complexity index is 530. The summed E-state index contributed by atoms with van der Waals surface area (Å²) in [4.78, 5) is 1.74. The third-order valence-electron chi connectivity index (χ3n) is 3.14. The van der Waals surface area contributed by atoms with Crippen molar-refractivity contribution in [3.05, 3.63) is 29.6 Å². The van der Waals surface area contributed by atoms with Crippen LogP contribution < -0.4 is 10.5 Å². The molecule has 0 fully saturated rings. The quantitative estimate of drug-likeness (QED) is 0.748. The number of hydrogen-bond donors (Lipinski definition) is 2. The Balaban J connectivity index is 2.74. The van der Waals surface area contributed by atoms with Gasteiger partial charge in [0.2, 0.25) is 10.0 Å². The van der Waals surface area contributed by atoms with E-state index in [0.29, 0.717) is 12.1 Å². The lowest BCUT2D eigenvalue weighted by Crippen LogP contribution is -2.35. The monoisotopic (exact) mass is 303 g/mol. The molecule has 0 unspecified atom stereocenters. The van der Waals surface area contributed by atoms with Gasteiger partial charge >= 0.3 is 0 Å². The van der Waals surface area contributed by atoms with Crippen LogP contribution in [-0.2, 0) is 16.6 Å². The van der Waals surface area contributed by atoms with E-state index in [1.54, 1.807) is 0 Å². The standard InChI is InChI=1S/C13H22FN3O2S/c1-3-17(4-2)8-7-16-20(18,19)13-6-5-11(10-15)9-12(13)14/h5-6,9,16H,3-4,7-8,10,15H2,1-2H3. The van der Waals surface area contributed by atoms with Crippen LogP contribution in [0.2, 0.25) is 0 Å². The van der Waals surface area contributed by atoms with Crippen molar-refractivity contribution in [2.24, 2.45) is 5.73 Å². The second-order valence-corrected chi connectivity index (χ2v) is 6.13. The molecule has 0 saturated carbocycles. The van der Waals surface area contributed by atoms with E-state index in [1.165, 1.54) is 12.1 Å². The lowest BCUT2D eigenvalue weighted by Gasteiger charge is -2.18. The van der Waals surface area contributed by atoms with Crippen molar-refractivity contribution in [1.82, 2.24) is 9.62 Å². The maximum absolute atomic E-state index is 13.8. The second-order valence-electron chi connectivity index (χ2n) is 4.39. The molecular formula is C13H22FN3O2S. The minimum Gasteiger partial charge on any atom is -0.326 e. The van der Waals surface area contributed by atoms with Crippen LogP contribution in [0.15, 0.2) is 23.1 Å². The summed E-state index contributed by atoms with van der Waals surface area (Å²) >= 11 is 0. The van der Waals surface area contributed by atoms with Crippen LogP contribution in [0.3, 0.4) is 0 Å². The summed E-state index contributed by atoms with van der Waals surface area (Å²) in [6, 6.07) is 3.91. The van der Waals surface area contributed by atoms with E-state index < -0.39 is 15.8 Å². The normalized spacial score (nSPS) is 12.1. The summed E-state index contributed by atoms with van der Waals surface area (Å²) in [5.41, 5.74) is 5.94. The zero-order chi connectivity index (χ0) is 15.2. The molecule has 0 bridgehead atoms. The number of nitrogens with one attached hydrogen (secondary N) is 1. The molecule has 20 heavy (non-hydrogen) atoms. The van der Waals surface area contributed by atoms with E-state index in [9.17, 15) is 12.8 Å². The van der Waals surface area contributed by atoms with Crippen molar-refractivity contribution in [3.8, 4) is 0 Å². The van der Waals surface area contributed by atoms with Crippen molar-refractivity contribution in [2.45, 2.75) is 25.3 Å². The number of sulfonamides is 1. The summed E-state index contributed by atoms with van der Waals surface area (Å²) in [5.74, 6) is -0.775. The molecule has 0 heterocycles. The van der Waals surface area contributed by atoms with E-state index in [0.717, 1.165) is 19.2 Å². The SMILES string of the molecule is CCN(CC)CCNS(=O)(=O)c1ccc(CN)cc1F. The Morgan fingerprint density at radius 3 is 2.45 bits per heavy atom. The molecule has 1 rings (SSSR count). The Labute approximate surface area is 120 Å². The molecule has 0 aromatic heterocycles. The number of nitrogens with two attached hydrogens (primary N) is 1. The molecule has 1 aromatic carbocycles. The first kappa shape index (κ1) is 17.0. The van der Waals surface area contributed by atoms with Gasteiger partial charge in [0.05, 0.1) is 0 Å². The van der Waals surface area contributed by atoms with Crippen molar-refractivity contribution < 1.29 is 12.8 Å². The largest absolute Gasteiger partial charge is 0.326 e. The number of benzene rings is 1. The highest BCUT2D eigenvalue weighted by molar-refractivity contribution is 7.89. The van der Waals surface area contributed by atoms with E-state index in [-0.39, 0.29) is 18.0 Å². The second kappa shape index (κ2) is 7.68. The predicted molar refractivity (Wildman–Crippen MR) is 77.3 cm³/mol. The van der Waals surface area contributed by atoms with E-state index in [2.05, 4.69) is 9.62 Å². The van der Waals surface area contributed by atoms with Crippen LogP contribution in [-0.4, -0.2) is 39.5 Å². The van der Waals surface area contributed by atoms with Gasteiger partial charge in [0.25, 0.3) is 0 Å². The molecule has 3 N–H and O–H groups in total. The third-order valence-corrected chi connectivity index (χ3v) is 4.63. The molecule has 114 valence electrons. The van der Waals surface area contributed by atoms with Crippen molar-refractivity contribution in [3.63, 3.8) is 0 Å². The molecular weight excluding hydrogens is 281 g/mol. The van der Waals surface area contributed by atoms with Gasteiger partial charge < -0.3 is 10.6 Å². The van der Waals surface area contributed by atoms with Gasteiger partial charge in [-0.2, -0.15) is 0 Å². The Kier molecular flexibility index (Phi) is 6.54. The highest BCUT2D eigenvalue weighted by atomic mass is 32.2. The predicted octanol–water partition coefficient (Wildman–Crippen LogP) is 0.904. The first-order valence-electron chi connectivity index (χ1n) is 6.65. The van der Waals surface area contributed by atoms with Crippen molar-refractivity contribution in [2.75, 3.05) is 26.2 Å². The summed E-state index contributed by atoms with van der Waals surface area (Å²) in [6.07, 6.45) is 0. The fraction of sp³-hybridized carbons (Fsp3) is 0.538. The lowest BCUT2D eigenvalue weighted by molar-refractivity contribution is 0.309. The van der Waals surface area contributed by atoms with Crippen LogP contribution in [0.25, 0.3) is 0 Å². The fourth-order valence-corrected chi connectivity index (χ4v) is 2.92. The van der Waals surface area contributed by atoms with Gasteiger partial charge in [0, 0.05) is 19.6 Å². The minimum absolute atomic E-state index is 0.173. The first-order chi connectivity index (χ1) is 9.44. The smallest absolute Gasteiger partial charge is 0.243 e. The minimum atomic E-state index is -3.82. The number of nitrogens with zero attached hydrogens (tertiary/aromatic N) is 1. The molecule has 0 radical (unpaired) electrons. The van der Waals surface area contributed by atoms with Crippen molar-refractivity contribution in [1.29, 1.82) is 0 Å². The maximum atomic E-state index is 13.8. The molecule has 0 aliphatic rings. The van der Waals surface area contributed by atoms with Gasteiger partial charge in [-0.1, -0.05) is 19.9 Å². The molecule has 0 aliphatic carbocycles. The number of likely N-dealkylation sites (N-methyl/N-ethyl adjacent to an activating group) is 1. The average Bonchev–Trinajstić information content (AvgIpc) is 2.43. The van der Waals surface area contributed by atoms with Crippen LogP contribution in [0.1, 0.15) is 19.4 Å². The Morgan fingerprint density at radius 1 is 1.30 bits per heavy atom. The van der Waals surface area contributed by atoms with E-state index >= 15 is 0 Å². The average molecular weight is 303 g/mol. The van der Waals surface area contributed by atoms with Crippen LogP contribution in [0.5, 0.6) is 0 Å². The van der Waals surface area contributed by atoms with Gasteiger partial charge in [0.15, 0.2) is 0 Å². The molecule has 0 aliphatic heterocycles. The summed E-state index contributed by atoms with van der Waals surface area (Å²) in [7, 11) is -3.82. The highest BCUT2D eigenvalue weighted by Gasteiger charge is 2.18. The Hall–Kier alpha value is -1.02. The van der Waals surface area contributed by atoms with Gasteiger partial charge in [-0.3, -0.25) is 0 Å². The molecule has 0 amide bonds. The molecule has 7 heteroatoms. The first-order valence-corrected chi connectivity index (χ1v) is 8.13. The van der Waals surface area contributed by atoms with Gasteiger partial charge in [-0.15, -0.1) is 0 Å². The van der Waals surface area contributed by atoms with Crippen LogP contribution >= 0.6 is 0 Å². The Morgan fingerprint density at radius 2 is 1.95 bits per heavy atom. The lowest BCUT2D eigenvalue weighted by atomic mass is 10.2. The topological polar surface area (TPSA) is 75.4 Å². The summed E-state index contributed by atoms with van der Waals surface area (Å²) < 4.78 is 40.2. The van der Waals surface area contributed by atoms with E-state index in [4.69, 9.17) is 5.73 Å². The van der Waals surface area contributed by atoms with Gasteiger partial charge in [-0.05, 0) is 30.8 Å². The molecule has 0 saturated heterocycles. The fourth-order valence-electron chi connectivity index (χ4n) is 1.84. The molecule has 5 nitrogen and oxygen atoms in total. The van der Waals surface area contributed by atoms with Gasteiger partial charge in [0.1, 0.15) is 10.7 Å². The van der Waals surface area contributed by atoms with Gasteiger partial charge in [-0.25, -0.2) is 17.5 Å². The van der Waals surface area contributed by atoms with Crippen molar-refractivity contribution >= 4 is 10.0 Å². The van der Waals surface area contributed by atoms with Crippen LogP contribution in [0.4, 0.5) is 4.39 Å². The zero-order valence-corrected chi connectivity index (χ0v) is 12.7. The van der Waals surface area contributed by atoms with E-state index in [1.807, 2.05) is 13.8 Å². The molecule has 0 atom stereocenters. The summed E-state index contributed by atoms with van der Waals surface area (Å²) in [5, 5.41) is 0. The number of halogens is 1. The zero-order valence-electron chi connectivity index (χ0n) is 11.9. The van der Waals surface area contributed by atoms with Crippen LogP contribution in [0, 0.1) is 5.82 Å².